The van der Waals surface area contributed by atoms with Crippen LogP contribution in [0.25, 0.3) is 11.4 Å². The van der Waals surface area contributed by atoms with Crippen molar-refractivity contribution in [3.8, 4) is 11.4 Å². The molecule has 0 aliphatic rings. The van der Waals surface area contributed by atoms with Crippen LogP contribution in [0.5, 0.6) is 0 Å². The van der Waals surface area contributed by atoms with Crippen LogP contribution in [0.15, 0.2) is 30.7 Å². The minimum atomic E-state index is 0.522. The van der Waals surface area contributed by atoms with Crippen LogP contribution >= 0.6 is 0 Å². The van der Waals surface area contributed by atoms with Crippen molar-refractivity contribution in [3.63, 3.8) is 0 Å². The van der Waals surface area contributed by atoms with E-state index in [1.54, 1.807) is 12.4 Å². The zero-order chi connectivity index (χ0) is 9.97. The Balaban J connectivity index is 2.54. The second-order valence-corrected chi connectivity index (χ2v) is 2.97. The van der Waals surface area contributed by atoms with E-state index in [2.05, 4.69) is 16.9 Å². The Morgan fingerprint density at radius 2 is 2.21 bits per heavy atom. The molecule has 0 spiro atoms. The summed E-state index contributed by atoms with van der Waals surface area (Å²) in [6, 6.07) is 3.79. The van der Waals surface area contributed by atoms with Crippen LogP contribution in [0, 0.1) is 0 Å². The van der Waals surface area contributed by atoms with Crippen LogP contribution in [-0.4, -0.2) is 14.5 Å². The lowest BCUT2D eigenvalue weighted by molar-refractivity contribution is 0.770. The first-order chi connectivity index (χ1) is 6.83. The molecule has 2 rings (SSSR count). The monoisotopic (exact) mass is 188 g/mol. The summed E-state index contributed by atoms with van der Waals surface area (Å²) in [5, 5.41) is 0. The Kier molecular flexibility index (Phi) is 2.18. The number of nitrogens with zero attached hydrogens (tertiary/aromatic N) is 3. The zero-order valence-electron chi connectivity index (χ0n) is 8.01. The first-order valence-electron chi connectivity index (χ1n) is 4.55. The molecule has 0 aromatic carbocycles. The molecule has 4 heteroatoms. The van der Waals surface area contributed by atoms with E-state index in [1.807, 2.05) is 22.9 Å². The average molecular weight is 188 g/mol. The molecule has 14 heavy (non-hydrogen) atoms. The highest BCUT2D eigenvalue weighted by Crippen LogP contribution is 2.21. The molecule has 0 fully saturated rings. The van der Waals surface area contributed by atoms with Crippen LogP contribution in [0.4, 0.5) is 5.82 Å². The molecule has 2 N–H and O–H groups in total. The number of imidazole rings is 1. The molecule has 0 aliphatic carbocycles. The van der Waals surface area contributed by atoms with E-state index < -0.39 is 0 Å². The van der Waals surface area contributed by atoms with Gasteiger partial charge in [-0.2, -0.15) is 0 Å². The number of pyridine rings is 1. The Labute approximate surface area is 82.4 Å². The Hall–Kier alpha value is -1.84. The van der Waals surface area contributed by atoms with E-state index >= 15 is 0 Å². The van der Waals surface area contributed by atoms with E-state index in [1.165, 1.54) is 0 Å². The molecular formula is C10H12N4. The van der Waals surface area contributed by atoms with Crippen molar-refractivity contribution >= 4 is 5.82 Å². The number of aryl methyl sites for hydroxylation is 1. The summed E-state index contributed by atoms with van der Waals surface area (Å²) in [4.78, 5) is 8.30. The van der Waals surface area contributed by atoms with Crippen molar-refractivity contribution in [3.05, 3.63) is 30.7 Å². The third kappa shape index (κ3) is 1.35. The van der Waals surface area contributed by atoms with Crippen molar-refractivity contribution in [2.75, 3.05) is 5.73 Å². The van der Waals surface area contributed by atoms with Crippen molar-refractivity contribution in [1.29, 1.82) is 0 Å². The van der Waals surface area contributed by atoms with E-state index in [-0.39, 0.29) is 0 Å². The van der Waals surface area contributed by atoms with Gasteiger partial charge in [-0.3, -0.25) is 0 Å². The molecule has 4 nitrogen and oxygen atoms in total. The SMILES string of the molecule is CCn1ccnc1-c1cccnc1N. The van der Waals surface area contributed by atoms with E-state index in [4.69, 9.17) is 5.73 Å². The second-order valence-electron chi connectivity index (χ2n) is 2.97. The molecule has 0 bridgehead atoms. The molecule has 0 radical (unpaired) electrons. The Morgan fingerprint density at radius 3 is 2.93 bits per heavy atom. The molecule has 2 heterocycles. The maximum absolute atomic E-state index is 5.77. The highest BCUT2D eigenvalue weighted by molar-refractivity contribution is 5.68. The van der Waals surface area contributed by atoms with Crippen molar-refractivity contribution in [2.45, 2.75) is 13.5 Å². The highest BCUT2D eigenvalue weighted by Gasteiger charge is 2.07. The maximum atomic E-state index is 5.77. The molecule has 0 unspecified atom stereocenters. The third-order valence-electron chi connectivity index (χ3n) is 2.14. The normalized spacial score (nSPS) is 10.4. The van der Waals surface area contributed by atoms with Crippen LogP contribution in [0.2, 0.25) is 0 Å². The average Bonchev–Trinajstić information content (AvgIpc) is 2.66. The summed E-state index contributed by atoms with van der Waals surface area (Å²) in [7, 11) is 0. The molecule has 72 valence electrons. The molecule has 0 amide bonds. The number of hydrogen-bond acceptors (Lipinski definition) is 3. The van der Waals surface area contributed by atoms with E-state index in [0.29, 0.717) is 5.82 Å². The quantitative estimate of drug-likeness (QED) is 0.777. The van der Waals surface area contributed by atoms with Crippen molar-refractivity contribution < 1.29 is 0 Å². The summed E-state index contributed by atoms with van der Waals surface area (Å²) in [6.45, 7) is 2.95. The number of aromatic nitrogens is 3. The Bertz CT molecular complexity index is 433. The highest BCUT2D eigenvalue weighted by atomic mass is 15.1. The molecule has 0 atom stereocenters. The van der Waals surface area contributed by atoms with Gasteiger partial charge in [-0.05, 0) is 19.1 Å². The molecular weight excluding hydrogens is 176 g/mol. The minimum absolute atomic E-state index is 0.522. The summed E-state index contributed by atoms with van der Waals surface area (Å²) in [5.74, 6) is 1.39. The van der Waals surface area contributed by atoms with Gasteiger partial charge in [0.2, 0.25) is 0 Å². The van der Waals surface area contributed by atoms with E-state index in [9.17, 15) is 0 Å². The number of rotatable bonds is 2. The third-order valence-corrected chi connectivity index (χ3v) is 2.14. The summed E-state index contributed by atoms with van der Waals surface area (Å²) >= 11 is 0. The van der Waals surface area contributed by atoms with Crippen LogP contribution < -0.4 is 5.73 Å². The molecule has 0 saturated carbocycles. The summed E-state index contributed by atoms with van der Waals surface area (Å²) in [5.41, 5.74) is 6.66. The zero-order valence-corrected chi connectivity index (χ0v) is 8.01. The lowest BCUT2D eigenvalue weighted by Gasteiger charge is -2.05. The first kappa shape index (κ1) is 8.74. The lowest BCUT2D eigenvalue weighted by Crippen LogP contribution is -2.00. The Morgan fingerprint density at radius 1 is 1.36 bits per heavy atom. The van der Waals surface area contributed by atoms with Gasteiger partial charge in [-0.1, -0.05) is 0 Å². The first-order valence-corrected chi connectivity index (χ1v) is 4.55. The van der Waals surface area contributed by atoms with Gasteiger partial charge in [-0.15, -0.1) is 0 Å². The molecule has 0 aliphatic heterocycles. The summed E-state index contributed by atoms with van der Waals surface area (Å²) < 4.78 is 2.04. The fraction of sp³-hybridized carbons (Fsp3) is 0.200. The lowest BCUT2D eigenvalue weighted by atomic mass is 10.2. The standard InChI is InChI=1S/C10H12N4/c1-2-14-7-6-13-10(14)8-4-3-5-12-9(8)11/h3-7H,2H2,1H3,(H2,11,12). The summed E-state index contributed by atoms with van der Waals surface area (Å²) in [6.07, 6.45) is 5.38. The fourth-order valence-corrected chi connectivity index (χ4v) is 1.42. The van der Waals surface area contributed by atoms with Gasteiger partial charge in [-0.25, -0.2) is 9.97 Å². The number of nitrogen functional groups attached to an aromatic ring is 1. The number of hydrogen-bond donors (Lipinski definition) is 1. The molecule has 2 aromatic rings. The second kappa shape index (κ2) is 3.49. The van der Waals surface area contributed by atoms with Gasteiger partial charge in [0.1, 0.15) is 11.6 Å². The van der Waals surface area contributed by atoms with Crippen molar-refractivity contribution in [2.24, 2.45) is 0 Å². The van der Waals surface area contributed by atoms with Crippen LogP contribution in [0.1, 0.15) is 6.92 Å². The molecule has 2 aromatic heterocycles. The number of anilines is 1. The van der Waals surface area contributed by atoms with Gasteiger partial charge in [0.05, 0.1) is 5.56 Å². The van der Waals surface area contributed by atoms with Crippen molar-refractivity contribution in [1.82, 2.24) is 14.5 Å². The predicted molar refractivity (Wildman–Crippen MR) is 55.5 cm³/mol. The minimum Gasteiger partial charge on any atom is -0.383 e. The predicted octanol–water partition coefficient (Wildman–Crippen LogP) is 1.55. The van der Waals surface area contributed by atoms with Gasteiger partial charge in [0.15, 0.2) is 0 Å². The van der Waals surface area contributed by atoms with Gasteiger partial charge in [0, 0.05) is 25.1 Å². The van der Waals surface area contributed by atoms with Gasteiger partial charge >= 0.3 is 0 Å². The number of nitrogens with two attached hydrogens (primary N) is 1. The maximum Gasteiger partial charge on any atom is 0.143 e. The molecule has 0 saturated heterocycles. The van der Waals surface area contributed by atoms with E-state index in [0.717, 1.165) is 17.9 Å². The topological polar surface area (TPSA) is 56.7 Å². The van der Waals surface area contributed by atoms with Gasteiger partial charge < -0.3 is 10.3 Å². The largest absolute Gasteiger partial charge is 0.383 e. The fourth-order valence-electron chi connectivity index (χ4n) is 1.42. The van der Waals surface area contributed by atoms with Crippen LogP contribution in [0.3, 0.4) is 0 Å². The smallest absolute Gasteiger partial charge is 0.143 e. The van der Waals surface area contributed by atoms with Gasteiger partial charge in [0.25, 0.3) is 0 Å². The van der Waals surface area contributed by atoms with Crippen LogP contribution in [-0.2, 0) is 6.54 Å².